The first-order chi connectivity index (χ1) is 14.5. The Morgan fingerprint density at radius 2 is 1.77 bits per heavy atom. The lowest BCUT2D eigenvalue weighted by Gasteiger charge is -2.17. The van der Waals surface area contributed by atoms with E-state index in [1.807, 2.05) is 30.3 Å². The number of ketones is 2. The minimum atomic E-state index is -0.136. The van der Waals surface area contributed by atoms with E-state index in [2.05, 4.69) is 0 Å². The van der Waals surface area contributed by atoms with Gasteiger partial charge in [-0.3, -0.25) is 9.59 Å². The maximum Gasteiger partial charge on any atom is 0.200 e. The molecule has 0 spiro atoms. The van der Waals surface area contributed by atoms with Gasteiger partial charge < -0.3 is 4.74 Å². The van der Waals surface area contributed by atoms with Crippen molar-refractivity contribution in [3.8, 4) is 5.75 Å². The smallest absolute Gasteiger partial charge is 0.200 e. The van der Waals surface area contributed by atoms with E-state index in [-0.39, 0.29) is 18.2 Å². The fourth-order valence-corrected chi connectivity index (χ4v) is 4.36. The highest BCUT2D eigenvalue weighted by molar-refractivity contribution is 7.99. The van der Waals surface area contributed by atoms with Crippen molar-refractivity contribution in [2.75, 3.05) is 12.4 Å². The summed E-state index contributed by atoms with van der Waals surface area (Å²) in [6, 6.07) is 19.4. The van der Waals surface area contributed by atoms with Gasteiger partial charge in [0.05, 0.1) is 0 Å². The van der Waals surface area contributed by atoms with Gasteiger partial charge in [-0.1, -0.05) is 35.3 Å². The third-order valence-electron chi connectivity index (χ3n) is 4.60. The summed E-state index contributed by atoms with van der Waals surface area (Å²) >= 11 is 13.5. The number of carbonyl (C=O) groups excluding carboxylic acids is 2. The van der Waals surface area contributed by atoms with Gasteiger partial charge >= 0.3 is 0 Å². The molecule has 3 aromatic carbocycles. The van der Waals surface area contributed by atoms with Crippen LogP contribution in [0.1, 0.15) is 26.3 Å². The second-order valence-corrected chi connectivity index (χ2v) is 8.61. The van der Waals surface area contributed by atoms with E-state index in [1.54, 1.807) is 54.2 Å². The van der Waals surface area contributed by atoms with Gasteiger partial charge in [-0.2, -0.15) is 0 Å². The summed E-state index contributed by atoms with van der Waals surface area (Å²) in [4.78, 5) is 26.1. The fraction of sp³-hybridized carbons (Fsp3) is 0.0833. The number of ether oxygens (including phenoxy) is 1. The van der Waals surface area contributed by atoms with Crippen molar-refractivity contribution in [1.29, 1.82) is 0 Å². The van der Waals surface area contributed by atoms with E-state index in [1.165, 1.54) is 0 Å². The molecule has 0 saturated carbocycles. The largest absolute Gasteiger partial charge is 0.485 e. The van der Waals surface area contributed by atoms with Crippen molar-refractivity contribution in [3.63, 3.8) is 0 Å². The molecular formula is C24H16Cl2O3S. The molecule has 0 fully saturated rings. The summed E-state index contributed by atoms with van der Waals surface area (Å²) in [5, 5.41) is 1.12. The summed E-state index contributed by atoms with van der Waals surface area (Å²) in [7, 11) is 0. The van der Waals surface area contributed by atoms with Crippen LogP contribution in [-0.2, 0) is 0 Å². The van der Waals surface area contributed by atoms with E-state index >= 15 is 0 Å². The Hall–Kier alpha value is -2.53. The lowest BCUT2D eigenvalue weighted by molar-refractivity contribution is 0.0921. The van der Waals surface area contributed by atoms with Crippen molar-refractivity contribution in [2.24, 2.45) is 0 Å². The molecule has 0 amide bonds. The first-order valence-electron chi connectivity index (χ1n) is 9.19. The predicted octanol–water partition coefficient (Wildman–Crippen LogP) is 6.63. The number of carbonyl (C=O) groups is 2. The topological polar surface area (TPSA) is 43.4 Å². The highest BCUT2D eigenvalue weighted by Gasteiger charge is 2.22. The van der Waals surface area contributed by atoms with Gasteiger partial charge in [-0.05, 0) is 66.2 Å². The number of Topliss-reactive ketones (excluding diaryl/α,β-unsaturated/α-hetero) is 2. The van der Waals surface area contributed by atoms with Gasteiger partial charge in [0.1, 0.15) is 5.75 Å². The zero-order chi connectivity index (χ0) is 21.1. The van der Waals surface area contributed by atoms with E-state index < -0.39 is 0 Å². The Bertz CT molecular complexity index is 1150. The molecule has 0 atom stereocenters. The van der Waals surface area contributed by atoms with Gasteiger partial charge in [0, 0.05) is 37.4 Å². The number of halogens is 2. The Balaban J connectivity index is 1.47. The predicted molar refractivity (Wildman–Crippen MR) is 122 cm³/mol. The summed E-state index contributed by atoms with van der Waals surface area (Å²) in [5.74, 6) is 0.998. The van der Waals surface area contributed by atoms with Crippen LogP contribution >= 0.6 is 35.0 Å². The van der Waals surface area contributed by atoms with Gasteiger partial charge in [-0.25, -0.2) is 0 Å². The van der Waals surface area contributed by atoms with Crippen LogP contribution < -0.4 is 4.74 Å². The van der Waals surface area contributed by atoms with Crippen molar-refractivity contribution >= 4 is 52.6 Å². The molecule has 0 aliphatic carbocycles. The zero-order valence-corrected chi connectivity index (χ0v) is 18.1. The molecule has 3 aromatic rings. The molecule has 150 valence electrons. The molecule has 0 radical (unpaired) electrons. The molecule has 6 heteroatoms. The van der Waals surface area contributed by atoms with Crippen LogP contribution in [-0.4, -0.2) is 23.9 Å². The Kier molecular flexibility index (Phi) is 6.28. The number of fused-ring (bicyclic) bond motifs is 1. The molecule has 4 rings (SSSR count). The number of hydrogen-bond donors (Lipinski definition) is 0. The lowest BCUT2D eigenvalue weighted by Crippen LogP contribution is -2.12. The SMILES string of the molecule is O=C(COc1cccc(/C=C2\CSc3ccc(Cl)cc3C2=O)c1)c1ccc(Cl)cc1. The van der Waals surface area contributed by atoms with Gasteiger partial charge in [0.2, 0.25) is 0 Å². The first kappa shape index (κ1) is 20.7. The lowest BCUT2D eigenvalue weighted by atomic mass is 10.0. The maximum atomic E-state index is 12.8. The van der Waals surface area contributed by atoms with E-state index in [0.29, 0.717) is 38.2 Å². The molecular weight excluding hydrogens is 439 g/mol. The zero-order valence-electron chi connectivity index (χ0n) is 15.7. The fourth-order valence-electron chi connectivity index (χ4n) is 3.07. The molecule has 3 nitrogen and oxygen atoms in total. The Morgan fingerprint density at radius 3 is 2.57 bits per heavy atom. The van der Waals surface area contributed by atoms with Crippen LogP contribution in [0, 0.1) is 0 Å². The molecule has 0 unspecified atom stereocenters. The van der Waals surface area contributed by atoms with Crippen LogP contribution in [0.2, 0.25) is 10.0 Å². The highest BCUT2D eigenvalue weighted by Crippen LogP contribution is 2.35. The van der Waals surface area contributed by atoms with Crippen molar-refractivity contribution in [2.45, 2.75) is 4.90 Å². The second-order valence-electron chi connectivity index (χ2n) is 6.72. The summed E-state index contributed by atoms with van der Waals surface area (Å²) < 4.78 is 5.66. The van der Waals surface area contributed by atoms with Crippen LogP contribution in [0.15, 0.2) is 77.2 Å². The van der Waals surface area contributed by atoms with Gasteiger partial charge in [0.25, 0.3) is 0 Å². The quantitative estimate of drug-likeness (QED) is 0.320. The van der Waals surface area contributed by atoms with E-state index in [0.717, 1.165) is 10.5 Å². The van der Waals surface area contributed by atoms with Crippen LogP contribution in [0.25, 0.3) is 6.08 Å². The minimum Gasteiger partial charge on any atom is -0.485 e. The standard InChI is InChI=1S/C24H16Cl2O3S/c25-18-6-4-16(5-7-18)22(27)13-29-20-3-1-2-15(11-20)10-17-14-30-23-9-8-19(26)12-21(23)24(17)28/h1-12H,13-14H2/b17-10+. The van der Waals surface area contributed by atoms with Gasteiger partial charge in [0.15, 0.2) is 18.2 Å². The molecule has 1 heterocycles. The van der Waals surface area contributed by atoms with Crippen LogP contribution in [0.3, 0.4) is 0 Å². The molecule has 0 saturated heterocycles. The van der Waals surface area contributed by atoms with E-state index in [9.17, 15) is 9.59 Å². The normalized spacial score (nSPS) is 14.5. The summed E-state index contributed by atoms with van der Waals surface area (Å²) in [6.45, 7) is -0.0810. The average Bonchev–Trinajstić information content (AvgIpc) is 2.75. The Morgan fingerprint density at radius 1 is 1.00 bits per heavy atom. The molecule has 30 heavy (non-hydrogen) atoms. The number of benzene rings is 3. The average molecular weight is 455 g/mol. The second kappa shape index (κ2) is 9.09. The van der Waals surface area contributed by atoms with Crippen molar-refractivity contribution in [3.05, 3.63) is 99.0 Å². The summed E-state index contributed by atoms with van der Waals surface area (Å²) in [6.07, 6.45) is 1.85. The molecule has 0 bridgehead atoms. The molecule has 0 N–H and O–H groups in total. The van der Waals surface area contributed by atoms with E-state index in [4.69, 9.17) is 27.9 Å². The number of rotatable bonds is 5. The van der Waals surface area contributed by atoms with Crippen molar-refractivity contribution in [1.82, 2.24) is 0 Å². The highest BCUT2D eigenvalue weighted by atomic mass is 35.5. The number of thioether (sulfide) groups is 1. The first-order valence-corrected chi connectivity index (χ1v) is 10.9. The molecule has 1 aliphatic heterocycles. The molecule has 1 aliphatic rings. The van der Waals surface area contributed by atoms with Crippen LogP contribution in [0.4, 0.5) is 0 Å². The Labute approximate surface area is 188 Å². The summed E-state index contributed by atoms with van der Waals surface area (Å²) in [5.41, 5.74) is 2.70. The monoisotopic (exact) mass is 454 g/mol. The third-order valence-corrected chi connectivity index (χ3v) is 6.21. The maximum absolute atomic E-state index is 12.8. The van der Waals surface area contributed by atoms with Gasteiger partial charge in [-0.15, -0.1) is 11.8 Å². The van der Waals surface area contributed by atoms with Crippen LogP contribution in [0.5, 0.6) is 5.75 Å². The van der Waals surface area contributed by atoms with Crippen molar-refractivity contribution < 1.29 is 14.3 Å². The third kappa shape index (κ3) is 4.78. The minimum absolute atomic E-state index is 0.0181. The molecule has 0 aromatic heterocycles. The number of hydrogen-bond acceptors (Lipinski definition) is 4.